The molecule has 5 nitrogen and oxygen atoms in total. The van der Waals surface area contributed by atoms with Crippen molar-refractivity contribution in [1.29, 1.82) is 0 Å². The SMILES string of the molecule is O=C(CCCCCCSc1nc(-c2ccccc2)cc(-c2ccc(Cl)cc2)n1)NO. The molecule has 1 amide bonds. The zero-order chi connectivity index (χ0) is 21.2. The van der Waals surface area contributed by atoms with Gasteiger partial charge in [0.1, 0.15) is 0 Å². The monoisotopic (exact) mass is 441 g/mol. The van der Waals surface area contributed by atoms with E-state index in [-0.39, 0.29) is 5.91 Å². The summed E-state index contributed by atoms with van der Waals surface area (Å²) >= 11 is 7.67. The zero-order valence-corrected chi connectivity index (χ0v) is 18.1. The molecule has 0 saturated heterocycles. The zero-order valence-electron chi connectivity index (χ0n) is 16.6. The molecule has 0 atom stereocenters. The van der Waals surface area contributed by atoms with Crippen molar-refractivity contribution in [3.8, 4) is 22.5 Å². The molecule has 0 unspecified atom stereocenters. The first-order valence-corrected chi connectivity index (χ1v) is 11.3. The highest BCUT2D eigenvalue weighted by Crippen LogP contribution is 2.28. The largest absolute Gasteiger partial charge is 0.289 e. The minimum Gasteiger partial charge on any atom is -0.289 e. The van der Waals surface area contributed by atoms with Gasteiger partial charge in [0.15, 0.2) is 5.16 Å². The quantitative estimate of drug-likeness (QED) is 0.132. The van der Waals surface area contributed by atoms with Gasteiger partial charge in [-0.05, 0) is 31.0 Å². The van der Waals surface area contributed by atoms with Crippen LogP contribution in [0.1, 0.15) is 32.1 Å². The Hall–Kier alpha value is -2.41. The molecular formula is C23H24ClN3O2S. The Kier molecular flexibility index (Phi) is 8.68. The van der Waals surface area contributed by atoms with E-state index in [0.29, 0.717) is 11.4 Å². The molecule has 1 aromatic heterocycles. The van der Waals surface area contributed by atoms with Crippen LogP contribution >= 0.6 is 23.4 Å². The predicted octanol–water partition coefficient (Wildman–Crippen LogP) is 6.01. The van der Waals surface area contributed by atoms with Gasteiger partial charge in [-0.3, -0.25) is 10.0 Å². The Morgan fingerprint density at radius 2 is 1.53 bits per heavy atom. The molecule has 7 heteroatoms. The third-order valence-electron chi connectivity index (χ3n) is 4.57. The van der Waals surface area contributed by atoms with E-state index in [0.717, 1.165) is 59.1 Å². The van der Waals surface area contributed by atoms with Gasteiger partial charge < -0.3 is 0 Å². The van der Waals surface area contributed by atoms with Crippen molar-refractivity contribution < 1.29 is 10.0 Å². The second-order valence-corrected chi connectivity index (χ2v) is 8.34. The van der Waals surface area contributed by atoms with Gasteiger partial charge in [0.2, 0.25) is 5.91 Å². The minimum absolute atomic E-state index is 0.328. The van der Waals surface area contributed by atoms with Gasteiger partial charge in [-0.2, -0.15) is 0 Å². The number of carbonyl (C=O) groups excluding carboxylic acids is 1. The number of thioether (sulfide) groups is 1. The summed E-state index contributed by atoms with van der Waals surface area (Å²) in [7, 11) is 0. The maximum atomic E-state index is 11.0. The van der Waals surface area contributed by atoms with Crippen molar-refractivity contribution in [2.24, 2.45) is 0 Å². The topological polar surface area (TPSA) is 75.1 Å². The number of carbonyl (C=O) groups is 1. The third kappa shape index (κ3) is 6.83. The molecule has 156 valence electrons. The summed E-state index contributed by atoms with van der Waals surface area (Å²) in [5, 5.41) is 9.95. The number of hydroxylamine groups is 1. The van der Waals surface area contributed by atoms with Crippen LogP contribution in [0.5, 0.6) is 0 Å². The van der Waals surface area contributed by atoms with Crippen molar-refractivity contribution in [3.63, 3.8) is 0 Å². The number of benzene rings is 2. The van der Waals surface area contributed by atoms with E-state index in [4.69, 9.17) is 26.8 Å². The number of nitrogens with zero attached hydrogens (tertiary/aromatic N) is 2. The second kappa shape index (κ2) is 11.7. The molecule has 0 radical (unpaired) electrons. The maximum absolute atomic E-state index is 11.0. The van der Waals surface area contributed by atoms with Crippen LogP contribution in [0.15, 0.2) is 65.8 Å². The van der Waals surface area contributed by atoms with Crippen LogP contribution in [-0.4, -0.2) is 26.8 Å². The molecule has 0 aliphatic carbocycles. The van der Waals surface area contributed by atoms with Crippen LogP contribution in [0.3, 0.4) is 0 Å². The van der Waals surface area contributed by atoms with E-state index in [1.54, 1.807) is 17.2 Å². The van der Waals surface area contributed by atoms with Gasteiger partial charge >= 0.3 is 0 Å². The number of rotatable bonds is 10. The van der Waals surface area contributed by atoms with E-state index in [9.17, 15) is 4.79 Å². The van der Waals surface area contributed by atoms with Crippen molar-refractivity contribution in [2.75, 3.05) is 5.75 Å². The average Bonchev–Trinajstić information content (AvgIpc) is 2.79. The summed E-state index contributed by atoms with van der Waals surface area (Å²) in [5.41, 5.74) is 5.49. The normalized spacial score (nSPS) is 10.7. The molecule has 0 bridgehead atoms. The number of amides is 1. The van der Waals surface area contributed by atoms with Crippen molar-refractivity contribution >= 4 is 29.3 Å². The molecule has 2 N–H and O–H groups in total. The van der Waals surface area contributed by atoms with Gasteiger partial charge in [-0.1, -0.05) is 78.7 Å². The standard InChI is InChI=1S/C23H24ClN3O2S/c24-19-13-11-18(12-14-19)21-16-20(17-8-4-3-5-9-17)25-23(26-21)30-15-7-2-1-6-10-22(28)27-29/h3-5,8-9,11-14,16,29H,1-2,6-7,10,15H2,(H,27,28). The lowest BCUT2D eigenvalue weighted by Crippen LogP contribution is -2.17. The smallest absolute Gasteiger partial charge is 0.243 e. The van der Waals surface area contributed by atoms with Crippen molar-refractivity contribution in [3.05, 3.63) is 65.7 Å². The molecule has 0 fully saturated rings. The Bertz CT molecular complexity index is 952. The van der Waals surface area contributed by atoms with Gasteiger partial charge in [0.05, 0.1) is 11.4 Å². The van der Waals surface area contributed by atoms with Gasteiger partial charge in [0.25, 0.3) is 0 Å². The Morgan fingerprint density at radius 1 is 0.900 bits per heavy atom. The fourth-order valence-electron chi connectivity index (χ4n) is 2.98. The lowest BCUT2D eigenvalue weighted by atomic mass is 10.1. The van der Waals surface area contributed by atoms with Gasteiger partial charge in [-0.25, -0.2) is 15.4 Å². The summed E-state index contributed by atoms with van der Waals surface area (Å²) in [4.78, 5) is 20.5. The van der Waals surface area contributed by atoms with Crippen LogP contribution in [0.25, 0.3) is 22.5 Å². The highest BCUT2D eigenvalue weighted by molar-refractivity contribution is 7.99. The Morgan fingerprint density at radius 3 is 2.20 bits per heavy atom. The average molecular weight is 442 g/mol. The number of halogens is 1. The highest BCUT2D eigenvalue weighted by atomic mass is 35.5. The van der Waals surface area contributed by atoms with Crippen LogP contribution in [-0.2, 0) is 4.79 Å². The summed E-state index contributed by atoms with van der Waals surface area (Å²) in [6.45, 7) is 0. The molecule has 2 aromatic carbocycles. The number of hydrogen-bond acceptors (Lipinski definition) is 5. The first kappa shape index (κ1) is 22.3. The highest BCUT2D eigenvalue weighted by Gasteiger charge is 2.09. The van der Waals surface area contributed by atoms with Crippen LogP contribution in [0.2, 0.25) is 5.02 Å². The van der Waals surface area contributed by atoms with Crippen LogP contribution in [0.4, 0.5) is 0 Å². The van der Waals surface area contributed by atoms with Crippen molar-refractivity contribution in [2.45, 2.75) is 37.3 Å². The first-order valence-electron chi connectivity index (χ1n) is 9.92. The Labute approximate surface area is 185 Å². The van der Waals surface area contributed by atoms with E-state index in [2.05, 4.69) is 0 Å². The minimum atomic E-state index is -0.328. The Balaban J connectivity index is 1.66. The lowest BCUT2D eigenvalue weighted by molar-refractivity contribution is -0.129. The first-order chi connectivity index (χ1) is 14.7. The summed E-state index contributed by atoms with van der Waals surface area (Å²) in [6, 6.07) is 19.8. The summed E-state index contributed by atoms with van der Waals surface area (Å²) in [6.07, 6.45) is 4.12. The molecule has 1 heterocycles. The van der Waals surface area contributed by atoms with E-state index in [1.807, 2.05) is 60.7 Å². The fourth-order valence-corrected chi connectivity index (χ4v) is 3.96. The number of hydrogen-bond donors (Lipinski definition) is 2. The summed E-state index contributed by atoms with van der Waals surface area (Å²) in [5.74, 6) is 0.579. The van der Waals surface area contributed by atoms with Crippen LogP contribution in [0, 0.1) is 0 Å². The maximum Gasteiger partial charge on any atom is 0.243 e. The lowest BCUT2D eigenvalue weighted by Gasteiger charge is -2.09. The van der Waals surface area contributed by atoms with Crippen LogP contribution < -0.4 is 5.48 Å². The molecule has 0 spiro atoms. The molecular weight excluding hydrogens is 418 g/mol. The molecule has 0 aliphatic heterocycles. The predicted molar refractivity (Wildman–Crippen MR) is 122 cm³/mol. The van der Waals surface area contributed by atoms with E-state index >= 15 is 0 Å². The molecule has 3 rings (SSSR count). The molecule has 3 aromatic rings. The van der Waals surface area contributed by atoms with Crippen molar-refractivity contribution in [1.82, 2.24) is 15.4 Å². The van der Waals surface area contributed by atoms with Gasteiger partial charge in [0, 0.05) is 28.3 Å². The third-order valence-corrected chi connectivity index (χ3v) is 5.75. The molecule has 30 heavy (non-hydrogen) atoms. The number of aromatic nitrogens is 2. The molecule has 0 saturated carbocycles. The molecule has 0 aliphatic rings. The van der Waals surface area contributed by atoms with E-state index in [1.165, 1.54) is 0 Å². The summed E-state index contributed by atoms with van der Waals surface area (Å²) < 4.78 is 0. The second-order valence-electron chi connectivity index (χ2n) is 6.84. The fraction of sp³-hybridized carbons (Fsp3) is 0.261. The van der Waals surface area contributed by atoms with E-state index < -0.39 is 0 Å². The number of nitrogens with one attached hydrogen (secondary N) is 1. The number of unbranched alkanes of at least 4 members (excludes halogenated alkanes) is 3. The van der Waals surface area contributed by atoms with Gasteiger partial charge in [-0.15, -0.1) is 0 Å².